The number of aromatic nitrogens is 2. The molecule has 1 aliphatic heterocycles. The van der Waals surface area contributed by atoms with Crippen molar-refractivity contribution in [3.63, 3.8) is 0 Å². The van der Waals surface area contributed by atoms with Gasteiger partial charge in [-0.2, -0.15) is 9.40 Å². The van der Waals surface area contributed by atoms with Crippen molar-refractivity contribution in [1.82, 2.24) is 14.1 Å². The van der Waals surface area contributed by atoms with Crippen LogP contribution in [0.2, 0.25) is 0 Å². The van der Waals surface area contributed by atoms with Crippen LogP contribution in [0.15, 0.2) is 6.20 Å². The van der Waals surface area contributed by atoms with Gasteiger partial charge in [-0.1, -0.05) is 0 Å². The first-order valence-corrected chi connectivity index (χ1v) is 8.61. The smallest absolute Gasteiger partial charge is 0.217 e. The van der Waals surface area contributed by atoms with Crippen LogP contribution in [0.5, 0.6) is 0 Å². The molecule has 1 atom stereocenters. The summed E-state index contributed by atoms with van der Waals surface area (Å²) >= 11 is 0. The molecule has 0 bridgehead atoms. The van der Waals surface area contributed by atoms with Gasteiger partial charge < -0.3 is 4.74 Å². The summed E-state index contributed by atoms with van der Waals surface area (Å²) in [4.78, 5) is 0. The van der Waals surface area contributed by atoms with Crippen molar-refractivity contribution in [2.75, 3.05) is 19.8 Å². The molecule has 112 valence electrons. The van der Waals surface area contributed by atoms with Gasteiger partial charge in [0.1, 0.15) is 0 Å². The predicted octanol–water partition coefficient (Wildman–Crippen LogP) is 0.848. The van der Waals surface area contributed by atoms with E-state index in [2.05, 4.69) is 5.10 Å². The highest BCUT2D eigenvalue weighted by molar-refractivity contribution is 7.90. The van der Waals surface area contributed by atoms with E-state index in [4.69, 9.17) is 4.74 Å². The first kappa shape index (κ1) is 14.0. The summed E-state index contributed by atoms with van der Waals surface area (Å²) in [6, 6.07) is 0. The average molecular weight is 299 g/mol. The first-order valence-electron chi connectivity index (χ1n) is 7.11. The van der Waals surface area contributed by atoms with Gasteiger partial charge >= 0.3 is 0 Å². The van der Waals surface area contributed by atoms with Gasteiger partial charge in [-0.3, -0.25) is 4.68 Å². The van der Waals surface area contributed by atoms with E-state index in [0.717, 1.165) is 24.1 Å². The summed E-state index contributed by atoms with van der Waals surface area (Å²) in [5, 5.41) is 4.11. The van der Waals surface area contributed by atoms with E-state index < -0.39 is 10.0 Å². The number of fused-ring (bicyclic) bond motifs is 1. The van der Waals surface area contributed by atoms with E-state index in [1.165, 1.54) is 0 Å². The number of nitrogens with zero attached hydrogens (tertiary/aromatic N) is 3. The van der Waals surface area contributed by atoms with Crippen molar-refractivity contribution in [2.24, 2.45) is 7.05 Å². The van der Waals surface area contributed by atoms with Crippen LogP contribution in [0, 0.1) is 0 Å². The topological polar surface area (TPSA) is 64.4 Å². The third-order valence-corrected chi connectivity index (χ3v) is 6.36. The Morgan fingerprint density at radius 2 is 2.20 bits per heavy atom. The molecule has 2 aliphatic rings. The Hall–Kier alpha value is -0.920. The second-order valence-electron chi connectivity index (χ2n) is 5.57. The summed E-state index contributed by atoms with van der Waals surface area (Å²) in [7, 11) is -1.23. The Bertz CT molecular complexity index is 592. The Morgan fingerprint density at radius 3 is 2.85 bits per heavy atom. The zero-order valence-electron chi connectivity index (χ0n) is 11.9. The Kier molecular flexibility index (Phi) is 3.60. The molecule has 2 heterocycles. The van der Waals surface area contributed by atoms with Crippen molar-refractivity contribution in [1.29, 1.82) is 0 Å². The summed E-state index contributed by atoms with van der Waals surface area (Å²) < 4.78 is 33.9. The maximum Gasteiger partial charge on any atom is 0.217 e. The Balaban J connectivity index is 1.88. The molecule has 7 heteroatoms. The SMILES string of the molecule is CCOCC1CN(S(=O)(=O)C2CC2)Cc2cnn(C)c21. The van der Waals surface area contributed by atoms with Crippen LogP contribution in [0.3, 0.4) is 0 Å². The van der Waals surface area contributed by atoms with Crippen LogP contribution in [0.1, 0.15) is 36.9 Å². The summed E-state index contributed by atoms with van der Waals surface area (Å²) in [6.07, 6.45) is 3.38. The molecule has 3 rings (SSSR count). The number of hydrogen-bond donors (Lipinski definition) is 0. The summed E-state index contributed by atoms with van der Waals surface area (Å²) in [6.45, 7) is 4.08. The lowest BCUT2D eigenvalue weighted by molar-refractivity contribution is 0.119. The van der Waals surface area contributed by atoms with Gasteiger partial charge in [0.2, 0.25) is 10.0 Å². The highest BCUT2D eigenvalue weighted by Crippen LogP contribution is 2.36. The molecule has 6 nitrogen and oxygen atoms in total. The highest BCUT2D eigenvalue weighted by atomic mass is 32.2. The molecule has 20 heavy (non-hydrogen) atoms. The van der Waals surface area contributed by atoms with Crippen LogP contribution in [0.25, 0.3) is 0 Å². The van der Waals surface area contributed by atoms with Gasteiger partial charge in [0, 0.05) is 43.9 Å². The molecule has 1 aromatic rings. The molecular weight excluding hydrogens is 278 g/mol. The van der Waals surface area contributed by atoms with Crippen LogP contribution < -0.4 is 0 Å². The second-order valence-corrected chi connectivity index (χ2v) is 7.78. The van der Waals surface area contributed by atoms with Crippen molar-refractivity contribution in [3.05, 3.63) is 17.5 Å². The van der Waals surface area contributed by atoms with E-state index in [-0.39, 0.29) is 11.2 Å². The molecule has 0 radical (unpaired) electrons. The summed E-state index contributed by atoms with van der Waals surface area (Å²) in [5.74, 6) is 0.0692. The van der Waals surface area contributed by atoms with Crippen LogP contribution in [0.4, 0.5) is 0 Å². The fourth-order valence-electron chi connectivity index (χ4n) is 2.89. The van der Waals surface area contributed by atoms with E-state index in [9.17, 15) is 8.42 Å². The lowest BCUT2D eigenvalue weighted by Gasteiger charge is -2.32. The predicted molar refractivity (Wildman–Crippen MR) is 74.8 cm³/mol. The molecule has 1 aromatic heterocycles. The van der Waals surface area contributed by atoms with Crippen molar-refractivity contribution in [3.8, 4) is 0 Å². The zero-order valence-corrected chi connectivity index (χ0v) is 12.8. The zero-order chi connectivity index (χ0) is 14.3. The van der Waals surface area contributed by atoms with E-state index >= 15 is 0 Å². The minimum absolute atomic E-state index is 0.0692. The molecule has 0 saturated heterocycles. The third-order valence-electron chi connectivity index (χ3n) is 4.05. The van der Waals surface area contributed by atoms with Gasteiger partial charge in [0.05, 0.1) is 18.1 Å². The van der Waals surface area contributed by atoms with Gasteiger partial charge in [-0.15, -0.1) is 0 Å². The fourth-order valence-corrected chi connectivity index (χ4v) is 4.75. The lowest BCUT2D eigenvalue weighted by Crippen LogP contribution is -2.41. The standard InChI is InChI=1S/C13H21N3O3S/c1-3-19-9-11-8-16(20(17,18)12-4-5-12)7-10-6-14-15(2)13(10)11/h6,11-12H,3-5,7-9H2,1-2H3. The number of aryl methyl sites for hydroxylation is 1. The maximum atomic E-state index is 12.4. The minimum atomic E-state index is -3.14. The highest BCUT2D eigenvalue weighted by Gasteiger charge is 2.43. The van der Waals surface area contributed by atoms with E-state index in [1.54, 1.807) is 10.5 Å². The number of sulfonamides is 1. The van der Waals surface area contributed by atoms with E-state index in [1.807, 2.05) is 18.7 Å². The molecule has 0 N–H and O–H groups in total. The fraction of sp³-hybridized carbons (Fsp3) is 0.769. The van der Waals surface area contributed by atoms with Crippen LogP contribution >= 0.6 is 0 Å². The summed E-state index contributed by atoms with van der Waals surface area (Å²) in [5.41, 5.74) is 2.12. The quantitative estimate of drug-likeness (QED) is 0.808. The van der Waals surface area contributed by atoms with Gasteiger partial charge in [-0.25, -0.2) is 8.42 Å². The average Bonchev–Trinajstić information content (AvgIpc) is 3.21. The normalized spacial score (nSPS) is 23.8. The number of rotatable bonds is 5. The van der Waals surface area contributed by atoms with Crippen molar-refractivity contribution in [2.45, 2.75) is 37.5 Å². The molecule has 0 spiro atoms. The molecule has 0 aromatic carbocycles. The maximum absolute atomic E-state index is 12.4. The minimum Gasteiger partial charge on any atom is -0.381 e. The molecule has 1 fully saturated rings. The molecule has 1 aliphatic carbocycles. The van der Waals surface area contributed by atoms with Crippen LogP contribution in [-0.4, -0.2) is 47.5 Å². The third kappa shape index (κ3) is 2.38. The van der Waals surface area contributed by atoms with Gasteiger partial charge in [0.15, 0.2) is 0 Å². The van der Waals surface area contributed by atoms with E-state index in [0.29, 0.717) is 26.3 Å². The number of hydrogen-bond acceptors (Lipinski definition) is 4. The molecule has 1 saturated carbocycles. The molecule has 0 amide bonds. The van der Waals surface area contributed by atoms with Crippen LogP contribution in [-0.2, 0) is 28.4 Å². The van der Waals surface area contributed by atoms with Gasteiger partial charge in [-0.05, 0) is 19.8 Å². The largest absolute Gasteiger partial charge is 0.381 e. The molecule has 1 unspecified atom stereocenters. The Labute approximate surface area is 119 Å². The second kappa shape index (κ2) is 5.13. The lowest BCUT2D eigenvalue weighted by atomic mass is 9.99. The number of ether oxygens (including phenoxy) is 1. The van der Waals surface area contributed by atoms with Crippen molar-refractivity contribution < 1.29 is 13.2 Å². The van der Waals surface area contributed by atoms with Crippen molar-refractivity contribution >= 4 is 10.0 Å². The monoisotopic (exact) mass is 299 g/mol. The van der Waals surface area contributed by atoms with Gasteiger partial charge in [0.25, 0.3) is 0 Å². The first-order chi connectivity index (χ1) is 9.54. The molecular formula is C13H21N3O3S. The Morgan fingerprint density at radius 1 is 1.45 bits per heavy atom.